The predicted octanol–water partition coefficient (Wildman–Crippen LogP) is 3.09. The molecule has 1 atom stereocenters. The molecule has 0 bridgehead atoms. The van der Waals surface area contributed by atoms with Crippen LogP contribution in [0.15, 0.2) is 24.3 Å². The summed E-state index contributed by atoms with van der Waals surface area (Å²) in [7, 11) is 0. The third kappa shape index (κ3) is 3.47. The number of rotatable bonds is 4. The lowest BCUT2D eigenvalue weighted by Crippen LogP contribution is -2.23. The molecule has 2 N–H and O–H groups in total. The number of nitrogens with two attached hydrogens (primary N) is 1. The predicted molar refractivity (Wildman–Crippen MR) is 54.9 cm³/mol. The lowest BCUT2D eigenvalue weighted by Gasteiger charge is -2.17. The zero-order valence-corrected chi connectivity index (χ0v) is 8.84. The molecule has 0 aromatic heterocycles. The maximum absolute atomic E-state index is 12.9. The minimum atomic E-state index is -3.11. The van der Waals surface area contributed by atoms with E-state index in [-0.39, 0.29) is 18.2 Å². The van der Waals surface area contributed by atoms with Crippen LogP contribution in [-0.2, 0) is 0 Å². The van der Waals surface area contributed by atoms with Crippen molar-refractivity contribution in [3.05, 3.63) is 29.8 Å². The molecule has 0 heterocycles. The fourth-order valence-electron chi connectivity index (χ4n) is 1.11. The molecule has 0 fully saturated rings. The number of alkyl halides is 2. The van der Waals surface area contributed by atoms with Gasteiger partial charge in [0, 0.05) is 12.5 Å². The van der Waals surface area contributed by atoms with Gasteiger partial charge in [0.15, 0.2) is 0 Å². The lowest BCUT2D eigenvalue weighted by molar-refractivity contribution is -0.177. The standard InChI is InChI=1S/C11H15F2NO/c1-3-11(12,13)15-10-6-4-5-9(7-10)8(2)14/h4-8H,3,14H2,1-2H3. The molecule has 84 valence electrons. The summed E-state index contributed by atoms with van der Waals surface area (Å²) in [6.07, 6.45) is -3.47. The van der Waals surface area contributed by atoms with Crippen molar-refractivity contribution in [2.45, 2.75) is 32.4 Å². The molecule has 0 aliphatic carbocycles. The van der Waals surface area contributed by atoms with Gasteiger partial charge in [-0.05, 0) is 24.6 Å². The summed E-state index contributed by atoms with van der Waals surface area (Å²) in [6, 6.07) is 6.27. The van der Waals surface area contributed by atoms with Gasteiger partial charge in [0.25, 0.3) is 0 Å². The van der Waals surface area contributed by atoms with Gasteiger partial charge in [-0.15, -0.1) is 0 Å². The van der Waals surface area contributed by atoms with Crippen LogP contribution in [0, 0.1) is 0 Å². The first-order valence-electron chi connectivity index (χ1n) is 4.87. The molecule has 1 aromatic carbocycles. The first-order chi connectivity index (χ1) is 6.94. The van der Waals surface area contributed by atoms with E-state index in [0.29, 0.717) is 0 Å². The van der Waals surface area contributed by atoms with Crippen LogP contribution in [0.2, 0.25) is 0 Å². The SMILES string of the molecule is CCC(F)(F)Oc1cccc(C(C)N)c1. The Labute approximate surface area is 88.0 Å². The molecule has 1 aromatic rings. The van der Waals surface area contributed by atoms with Gasteiger partial charge in [0.05, 0.1) is 0 Å². The molecule has 0 saturated heterocycles. The van der Waals surface area contributed by atoms with Crippen LogP contribution in [-0.4, -0.2) is 6.11 Å². The summed E-state index contributed by atoms with van der Waals surface area (Å²) in [6.45, 7) is 3.16. The van der Waals surface area contributed by atoms with Gasteiger partial charge >= 0.3 is 6.11 Å². The van der Waals surface area contributed by atoms with Crippen LogP contribution in [0.1, 0.15) is 31.9 Å². The Hall–Kier alpha value is -1.16. The van der Waals surface area contributed by atoms with E-state index < -0.39 is 6.11 Å². The highest BCUT2D eigenvalue weighted by atomic mass is 19.3. The molecule has 0 aliphatic heterocycles. The normalized spacial score (nSPS) is 13.7. The van der Waals surface area contributed by atoms with Crippen molar-refractivity contribution in [1.29, 1.82) is 0 Å². The maximum Gasteiger partial charge on any atom is 0.397 e. The van der Waals surface area contributed by atoms with E-state index in [2.05, 4.69) is 4.74 Å². The van der Waals surface area contributed by atoms with Crippen LogP contribution in [0.25, 0.3) is 0 Å². The molecule has 4 heteroatoms. The third-order valence-electron chi connectivity index (χ3n) is 2.06. The number of ether oxygens (including phenoxy) is 1. The molecule has 0 spiro atoms. The highest BCUT2D eigenvalue weighted by Gasteiger charge is 2.28. The second-order valence-corrected chi connectivity index (χ2v) is 3.45. The summed E-state index contributed by atoms with van der Waals surface area (Å²) < 4.78 is 30.4. The van der Waals surface area contributed by atoms with Crippen molar-refractivity contribution in [3.63, 3.8) is 0 Å². The van der Waals surface area contributed by atoms with E-state index in [4.69, 9.17) is 5.73 Å². The number of hydrogen-bond donors (Lipinski definition) is 1. The lowest BCUT2D eigenvalue weighted by atomic mass is 10.1. The Balaban J connectivity index is 2.82. The van der Waals surface area contributed by atoms with Crippen LogP contribution in [0.5, 0.6) is 5.75 Å². The molecular weight excluding hydrogens is 200 g/mol. The minimum Gasteiger partial charge on any atom is -0.433 e. The molecule has 1 unspecified atom stereocenters. The number of benzene rings is 1. The van der Waals surface area contributed by atoms with Gasteiger partial charge in [0.2, 0.25) is 0 Å². The largest absolute Gasteiger partial charge is 0.433 e. The quantitative estimate of drug-likeness (QED) is 0.837. The highest BCUT2D eigenvalue weighted by molar-refractivity contribution is 5.30. The Kier molecular flexibility index (Phi) is 3.63. The molecule has 0 radical (unpaired) electrons. The molecular formula is C11H15F2NO. The minimum absolute atomic E-state index is 0.150. The monoisotopic (exact) mass is 215 g/mol. The fraction of sp³-hybridized carbons (Fsp3) is 0.455. The number of hydrogen-bond acceptors (Lipinski definition) is 2. The summed E-state index contributed by atoms with van der Waals surface area (Å²) in [4.78, 5) is 0. The first kappa shape index (κ1) is 11.9. The topological polar surface area (TPSA) is 35.2 Å². The van der Waals surface area contributed by atoms with Crippen molar-refractivity contribution in [3.8, 4) is 5.75 Å². The van der Waals surface area contributed by atoms with E-state index in [0.717, 1.165) is 5.56 Å². The van der Waals surface area contributed by atoms with Crippen molar-refractivity contribution < 1.29 is 13.5 Å². The average molecular weight is 215 g/mol. The van der Waals surface area contributed by atoms with Gasteiger partial charge < -0.3 is 10.5 Å². The Bertz CT molecular complexity index is 326. The van der Waals surface area contributed by atoms with E-state index in [1.54, 1.807) is 19.1 Å². The highest BCUT2D eigenvalue weighted by Crippen LogP contribution is 2.25. The van der Waals surface area contributed by atoms with Crippen LogP contribution in [0.3, 0.4) is 0 Å². The van der Waals surface area contributed by atoms with E-state index in [1.165, 1.54) is 19.1 Å². The Morgan fingerprint density at radius 3 is 2.67 bits per heavy atom. The molecule has 0 amide bonds. The zero-order chi connectivity index (χ0) is 11.5. The van der Waals surface area contributed by atoms with Crippen molar-refractivity contribution in [2.24, 2.45) is 5.73 Å². The van der Waals surface area contributed by atoms with Gasteiger partial charge in [-0.25, -0.2) is 0 Å². The van der Waals surface area contributed by atoms with Crippen LogP contribution in [0.4, 0.5) is 8.78 Å². The van der Waals surface area contributed by atoms with Gasteiger partial charge in [-0.1, -0.05) is 19.1 Å². The van der Waals surface area contributed by atoms with Crippen LogP contribution < -0.4 is 10.5 Å². The molecule has 0 aliphatic rings. The van der Waals surface area contributed by atoms with E-state index >= 15 is 0 Å². The van der Waals surface area contributed by atoms with E-state index in [9.17, 15) is 8.78 Å². The molecule has 2 nitrogen and oxygen atoms in total. The van der Waals surface area contributed by atoms with Crippen molar-refractivity contribution in [1.82, 2.24) is 0 Å². The second-order valence-electron chi connectivity index (χ2n) is 3.45. The van der Waals surface area contributed by atoms with Gasteiger partial charge in [0.1, 0.15) is 5.75 Å². The van der Waals surface area contributed by atoms with Crippen molar-refractivity contribution in [2.75, 3.05) is 0 Å². The zero-order valence-electron chi connectivity index (χ0n) is 8.84. The third-order valence-corrected chi connectivity index (χ3v) is 2.06. The molecule has 1 rings (SSSR count). The number of halogens is 2. The average Bonchev–Trinajstić information content (AvgIpc) is 2.17. The summed E-state index contributed by atoms with van der Waals surface area (Å²) in [5.74, 6) is 0.150. The Morgan fingerprint density at radius 1 is 1.47 bits per heavy atom. The second kappa shape index (κ2) is 4.57. The van der Waals surface area contributed by atoms with E-state index in [1.807, 2.05) is 0 Å². The van der Waals surface area contributed by atoms with Crippen molar-refractivity contribution >= 4 is 0 Å². The summed E-state index contributed by atoms with van der Waals surface area (Å²) >= 11 is 0. The summed E-state index contributed by atoms with van der Waals surface area (Å²) in [5, 5.41) is 0. The van der Waals surface area contributed by atoms with Gasteiger partial charge in [-0.2, -0.15) is 8.78 Å². The van der Waals surface area contributed by atoms with Crippen LogP contribution >= 0.6 is 0 Å². The van der Waals surface area contributed by atoms with Gasteiger partial charge in [-0.3, -0.25) is 0 Å². The summed E-state index contributed by atoms with van der Waals surface area (Å²) in [5.41, 5.74) is 6.41. The smallest absolute Gasteiger partial charge is 0.397 e. The maximum atomic E-state index is 12.9. The molecule has 15 heavy (non-hydrogen) atoms. The Morgan fingerprint density at radius 2 is 2.13 bits per heavy atom. The first-order valence-corrected chi connectivity index (χ1v) is 4.87. The fourth-order valence-corrected chi connectivity index (χ4v) is 1.11. The molecule has 0 saturated carbocycles.